The van der Waals surface area contributed by atoms with Crippen molar-refractivity contribution in [3.8, 4) is 11.5 Å². The molecule has 0 radical (unpaired) electrons. The van der Waals surface area contributed by atoms with E-state index in [9.17, 15) is 9.50 Å². The highest BCUT2D eigenvalue weighted by molar-refractivity contribution is 5.43. The first-order valence-corrected chi connectivity index (χ1v) is 11.8. The molecule has 1 aliphatic rings. The molecule has 0 bridgehead atoms. The van der Waals surface area contributed by atoms with Crippen LogP contribution in [0.15, 0.2) is 36.4 Å². The van der Waals surface area contributed by atoms with E-state index in [1.54, 1.807) is 26.4 Å². The lowest BCUT2D eigenvalue weighted by Crippen LogP contribution is -2.43. The molecule has 4 nitrogen and oxygen atoms in total. The number of likely N-dealkylation sites (N-methyl/N-ethyl adjacent to an activating group) is 1. The van der Waals surface area contributed by atoms with E-state index in [4.69, 9.17) is 9.47 Å². The molecular weight excluding hydrogens is 405 g/mol. The van der Waals surface area contributed by atoms with E-state index in [-0.39, 0.29) is 11.7 Å². The van der Waals surface area contributed by atoms with Gasteiger partial charge in [0.1, 0.15) is 5.82 Å². The maximum atomic E-state index is 13.8. The summed E-state index contributed by atoms with van der Waals surface area (Å²) >= 11 is 0. The molecule has 0 spiro atoms. The average Bonchev–Trinajstić information content (AvgIpc) is 2.80. The molecule has 176 valence electrons. The fourth-order valence-corrected chi connectivity index (χ4v) is 4.93. The summed E-state index contributed by atoms with van der Waals surface area (Å²) in [6.07, 6.45) is 6.16. The van der Waals surface area contributed by atoms with E-state index in [0.29, 0.717) is 6.42 Å². The number of halogens is 1. The van der Waals surface area contributed by atoms with Gasteiger partial charge in [-0.3, -0.25) is 0 Å². The van der Waals surface area contributed by atoms with Crippen LogP contribution in [0.2, 0.25) is 0 Å². The molecule has 0 aromatic heterocycles. The number of fused-ring (bicyclic) bond motifs is 1. The molecule has 0 aliphatic heterocycles. The zero-order valence-electron chi connectivity index (χ0n) is 20.0. The lowest BCUT2D eigenvalue weighted by atomic mass is 9.68. The third-order valence-electron chi connectivity index (χ3n) is 6.96. The van der Waals surface area contributed by atoms with Crippen molar-refractivity contribution in [2.24, 2.45) is 0 Å². The first kappa shape index (κ1) is 24.5. The molecule has 0 saturated heterocycles. The van der Waals surface area contributed by atoms with Gasteiger partial charge in [0.2, 0.25) is 0 Å². The Labute approximate surface area is 192 Å². The molecule has 0 fully saturated rings. The molecule has 3 rings (SSSR count). The molecule has 1 N–H and O–H groups in total. The van der Waals surface area contributed by atoms with E-state index in [1.807, 2.05) is 18.2 Å². The Balaban J connectivity index is 1.62. The zero-order valence-corrected chi connectivity index (χ0v) is 20.0. The molecule has 2 aromatic rings. The van der Waals surface area contributed by atoms with Crippen molar-refractivity contribution in [1.29, 1.82) is 0 Å². The largest absolute Gasteiger partial charge is 0.493 e. The van der Waals surface area contributed by atoms with Crippen LogP contribution in [0, 0.1) is 5.82 Å². The van der Waals surface area contributed by atoms with Gasteiger partial charge < -0.3 is 19.5 Å². The van der Waals surface area contributed by atoms with E-state index in [2.05, 4.69) is 24.9 Å². The molecule has 2 atom stereocenters. The van der Waals surface area contributed by atoms with Crippen molar-refractivity contribution in [3.05, 3.63) is 58.9 Å². The van der Waals surface area contributed by atoms with Crippen molar-refractivity contribution in [2.75, 3.05) is 34.4 Å². The fraction of sp³-hybridized carbons (Fsp3) is 0.556. The Kier molecular flexibility index (Phi) is 8.55. The van der Waals surface area contributed by atoms with Crippen LogP contribution in [0.4, 0.5) is 4.39 Å². The molecule has 0 heterocycles. The molecular formula is C27H38FNO3. The molecule has 5 heteroatoms. The van der Waals surface area contributed by atoms with Crippen molar-refractivity contribution in [1.82, 2.24) is 4.90 Å². The van der Waals surface area contributed by atoms with Gasteiger partial charge in [-0.2, -0.15) is 0 Å². The highest BCUT2D eigenvalue weighted by Crippen LogP contribution is 2.44. The lowest BCUT2D eigenvalue weighted by Gasteiger charge is -2.42. The number of nitrogens with zero attached hydrogens (tertiary/aromatic N) is 1. The summed E-state index contributed by atoms with van der Waals surface area (Å²) < 4.78 is 24.5. The van der Waals surface area contributed by atoms with Gasteiger partial charge >= 0.3 is 0 Å². The molecule has 32 heavy (non-hydrogen) atoms. The van der Waals surface area contributed by atoms with Gasteiger partial charge in [0.25, 0.3) is 0 Å². The van der Waals surface area contributed by atoms with Gasteiger partial charge in [0, 0.05) is 19.0 Å². The van der Waals surface area contributed by atoms with Crippen LogP contribution < -0.4 is 9.47 Å². The van der Waals surface area contributed by atoms with E-state index >= 15 is 0 Å². The Morgan fingerprint density at radius 1 is 1.09 bits per heavy atom. The number of hydrogen-bond acceptors (Lipinski definition) is 4. The number of methoxy groups -OCH3 is 2. The van der Waals surface area contributed by atoms with Gasteiger partial charge in [-0.25, -0.2) is 4.39 Å². The van der Waals surface area contributed by atoms with E-state index < -0.39 is 5.60 Å². The standard InChI is InChI=1S/C27H38FNO3/c1-5-6-7-24-23-10-9-22(28)19-21(23)12-14-27(24,30)15-17-29(2)16-13-20-8-11-25(31-3)26(18-20)32-4/h8-11,18-19,24,30H,5-7,12-17H2,1-4H3/t24-,27-/m0/s1. The number of rotatable bonds is 11. The Morgan fingerprint density at radius 3 is 2.59 bits per heavy atom. The molecule has 1 aliphatic carbocycles. The zero-order chi connectivity index (χ0) is 23.1. The molecule has 0 saturated carbocycles. The van der Waals surface area contributed by atoms with Gasteiger partial charge in [-0.15, -0.1) is 0 Å². The number of ether oxygens (including phenoxy) is 2. The Morgan fingerprint density at radius 2 is 1.88 bits per heavy atom. The summed E-state index contributed by atoms with van der Waals surface area (Å²) in [6.45, 7) is 3.89. The second-order valence-corrected chi connectivity index (χ2v) is 9.13. The predicted octanol–water partition coefficient (Wildman–Crippen LogP) is 5.36. The van der Waals surface area contributed by atoms with Gasteiger partial charge in [0.05, 0.1) is 19.8 Å². The lowest BCUT2D eigenvalue weighted by molar-refractivity contribution is -0.0197. The van der Waals surface area contributed by atoms with Gasteiger partial charge in [-0.1, -0.05) is 31.9 Å². The average molecular weight is 444 g/mol. The van der Waals surface area contributed by atoms with Crippen LogP contribution in [0.3, 0.4) is 0 Å². The van der Waals surface area contributed by atoms with Crippen molar-refractivity contribution >= 4 is 0 Å². The predicted molar refractivity (Wildman–Crippen MR) is 127 cm³/mol. The Bertz CT molecular complexity index is 887. The van der Waals surface area contributed by atoms with Crippen LogP contribution >= 0.6 is 0 Å². The number of unbranched alkanes of at least 4 members (excludes halogenated alkanes) is 1. The second kappa shape index (κ2) is 11.2. The Hall–Kier alpha value is -2.11. The minimum Gasteiger partial charge on any atom is -0.493 e. The summed E-state index contributed by atoms with van der Waals surface area (Å²) in [5.41, 5.74) is 2.67. The number of aliphatic hydroxyl groups is 1. The van der Waals surface area contributed by atoms with Gasteiger partial charge in [-0.05, 0) is 80.1 Å². The highest BCUT2D eigenvalue weighted by Gasteiger charge is 2.41. The smallest absolute Gasteiger partial charge is 0.160 e. The van der Waals surface area contributed by atoms with Crippen LogP contribution in [-0.4, -0.2) is 50.0 Å². The third kappa shape index (κ3) is 5.81. The van der Waals surface area contributed by atoms with E-state index in [1.165, 1.54) is 5.56 Å². The summed E-state index contributed by atoms with van der Waals surface area (Å²) in [6, 6.07) is 11.1. The third-order valence-corrected chi connectivity index (χ3v) is 6.96. The summed E-state index contributed by atoms with van der Waals surface area (Å²) in [7, 11) is 5.40. The summed E-state index contributed by atoms with van der Waals surface area (Å²) in [5.74, 6) is 1.38. The first-order chi connectivity index (χ1) is 15.4. The molecule has 2 aromatic carbocycles. The number of benzene rings is 2. The minimum absolute atomic E-state index is 0.0750. The van der Waals surface area contributed by atoms with Crippen LogP contribution in [0.5, 0.6) is 11.5 Å². The number of hydrogen-bond donors (Lipinski definition) is 1. The SMILES string of the molecule is CCCC[C@H]1c2ccc(F)cc2CC[C@]1(O)CCN(C)CCc1ccc(OC)c(OC)c1. The maximum absolute atomic E-state index is 13.8. The van der Waals surface area contributed by atoms with Crippen molar-refractivity contribution in [3.63, 3.8) is 0 Å². The maximum Gasteiger partial charge on any atom is 0.160 e. The number of aryl methyl sites for hydroxylation is 1. The van der Waals surface area contributed by atoms with Crippen molar-refractivity contribution in [2.45, 2.75) is 63.4 Å². The molecule has 0 amide bonds. The van der Waals surface area contributed by atoms with Crippen LogP contribution in [0.25, 0.3) is 0 Å². The van der Waals surface area contributed by atoms with Crippen LogP contribution in [0.1, 0.15) is 61.6 Å². The fourth-order valence-electron chi connectivity index (χ4n) is 4.93. The second-order valence-electron chi connectivity index (χ2n) is 9.13. The summed E-state index contributed by atoms with van der Waals surface area (Å²) in [4.78, 5) is 2.28. The van der Waals surface area contributed by atoms with Crippen molar-refractivity contribution < 1.29 is 19.0 Å². The first-order valence-electron chi connectivity index (χ1n) is 11.8. The van der Waals surface area contributed by atoms with Crippen LogP contribution in [-0.2, 0) is 12.8 Å². The topological polar surface area (TPSA) is 41.9 Å². The summed E-state index contributed by atoms with van der Waals surface area (Å²) in [5, 5.41) is 11.7. The minimum atomic E-state index is -0.738. The quantitative estimate of drug-likeness (QED) is 0.508. The monoisotopic (exact) mass is 443 g/mol. The van der Waals surface area contributed by atoms with Gasteiger partial charge in [0.15, 0.2) is 11.5 Å². The van der Waals surface area contributed by atoms with E-state index in [0.717, 1.165) is 74.2 Å². The highest BCUT2D eigenvalue weighted by atomic mass is 19.1. The molecule has 0 unspecified atom stereocenters. The normalized spacial score (nSPS) is 20.3.